The van der Waals surface area contributed by atoms with E-state index < -0.39 is 17.9 Å². The smallest absolute Gasteiger partial charge is 0.340 e. The predicted octanol–water partition coefficient (Wildman–Crippen LogP) is -0.102. The first-order valence-electron chi connectivity index (χ1n) is 4.77. The highest BCUT2D eigenvalue weighted by molar-refractivity contribution is 6.00. The first-order chi connectivity index (χ1) is 8.34. The van der Waals surface area contributed by atoms with Crippen molar-refractivity contribution in [1.29, 1.82) is 0 Å². The second kappa shape index (κ2) is 11.5. The van der Waals surface area contributed by atoms with Crippen LogP contribution in [0.25, 0.3) is 0 Å². The minimum absolute atomic E-state index is 0.0667. The molecule has 0 bridgehead atoms. The summed E-state index contributed by atoms with van der Waals surface area (Å²) in [6.07, 6.45) is 1.22. The Morgan fingerprint density at radius 3 is 2.11 bits per heavy atom. The van der Waals surface area contributed by atoms with Crippen LogP contribution < -0.4 is 0 Å². The number of aliphatic hydroxyl groups excluding tert-OH is 1. The number of rotatable bonds is 5. The molecule has 2 N–H and O–H groups in total. The predicted molar refractivity (Wildman–Crippen MR) is 61.7 cm³/mol. The molecule has 0 saturated heterocycles. The lowest BCUT2D eigenvalue weighted by molar-refractivity contribution is -0.153. The number of hydrogen-bond acceptors (Lipinski definition) is 6. The van der Waals surface area contributed by atoms with Crippen LogP contribution in [0.4, 0.5) is 0 Å². The lowest BCUT2D eigenvalue weighted by atomic mass is 10.4. The Bertz CT molecular complexity index is 328. The fourth-order valence-corrected chi connectivity index (χ4v) is 0.443. The minimum Gasteiger partial charge on any atom is -0.478 e. The Labute approximate surface area is 104 Å². The van der Waals surface area contributed by atoms with Crippen LogP contribution in [-0.2, 0) is 23.9 Å². The zero-order chi connectivity index (χ0) is 14.6. The average molecular weight is 260 g/mol. The van der Waals surface area contributed by atoms with Gasteiger partial charge in [-0.2, -0.15) is 0 Å². The van der Waals surface area contributed by atoms with Crippen LogP contribution in [0, 0.1) is 0 Å². The number of hydrogen-bond donors (Lipinski definition) is 2. The molecule has 0 aliphatic heterocycles. The van der Waals surface area contributed by atoms with Gasteiger partial charge < -0.3 is 19.7 Å². The van der Waals surface area contributed by atoms with E-state index in [9.17, 15) is 14.4 Å². The summed E-state index contributed by atoms with van der Waals surface area (Å²) in [5, 5.41) is 16.0. The van der Waals surface area contributed by atoms with Crippen molar-refractivity contribution in [3.8, 4) is 0 Å². The number of aliphatic hydroxyl groups is 1. The zero-order valence-corrected chi connectivity index (χ0v) is 10.2. The molecule has 7 nitrogen and oxygen atoms in total. The van der Waals surface area contributed by atoms with Crippen LogP contribution in [0.2, 0.25) is 0 Å². The monoisotopic (exact) mass is 260 g/mol. The second-order valence-electron chi connectivity index (χ2n) is 2.88. The first-order valence-corrected chi connectivity index (χ1v) is 4.77. The third-order valence-electron chi connectivity index (χ3n) is 1.20. The summed E-state index contributed by atoms with van der Waals surface area (Å²) in [4.78, 5) is 31.2. The number of carboxylic acids is 1. The Morgan fingerprint density at radius 2 is 1.83 bits per heavy atom. The molecule has 0 rings (SSSR count). The Kier molecular flexibility index (Phi) is 11.7. The Balaban J connectivity index is 0. The molecule has 0 aromatic rings. The number of carboxylic acid groups (broad SMARTS) is 1. The number of carbonyl (C=O) groups is 3. The van der Waals surface area contributed by atoms with Gasteiger partial charge in [0.25, 0.3) is 0 Å². The molecular weight excluding hydrogens is 244 g/mol. The molecule has 0 saturated carbocycles. The van der Waals surface area contributed by atoms with Crippen molar-refractivity contribution in [2.75, 3.05) is 20.3 Å². The van der Waals surface area contributed by atoms with Crippen LogP contribution in [-0.4, -0.2) is 48.4 Å². The highest BCUT2D eigenvalue weighted by Gasteiger charge is 2.07. The number of ether oxygens (including phenoxy) is 2. The van der Waals surface area contributed by atoms with Crippen molar-refractivity contribution in [2.45, 2.75) is 6.92 Å². The van der Waals surface area contributed by atoms with Gasteiger partial charge in [-0.05, 0) is 6.92 Å². The summed E-state index contributed by atoms with van der Waals surface area (Å²) < 4.78 is 8.58. The standard InChI is InChI=1S/C8H8O5.C3H8O2/c1-5(2)8(12)13-7(11)4-3-6(9)10;1-5-3-2-4/h3-4H,1H2,2H3,(H,9,10);4H,2-3H2,1H3/b4-3-;. The molecule has 0 aromatic carbocycles. The second-order valence-corrected chi connectivity index (χ2v) is 2.88. The van der Waals surface area contributed by atoms with Gasteiger partial charge in [0.05, 0.1) is 13.2 Å². The molecule has 0 heterocycles. The van der Waals surface area contributed by atoms with Crippen LogP contribution in [0.1, 0.15) is 6.92 Å². The Hall–Kier alpha value is -1.99. The van der Waals surface area contributed by atoms with Crippen LogP contribution in [0.5, 0.6) is 0 Å². The van der Waals surface area contributed by atoms with Gasteiger partial charge in [0.2, 0.25) is 0 Å². The molecule has 102 valence electrons. The third kappa shape index (κ3) is 14.0. The van der Waals surface area contributed by atoms with Gasteiger partial charge in [0, 0.05) is 24.8 Å². The van der Waals surface area contributed by atoms with Crippen molar-refractivity contribution < 1.29 is 34.1 Å². The number of aliphatic carboxylic acids is 1. The van der Waals surface area contributed by atoms with Crippen molar-refractivity contribution in [2.24, 2.45) is 0 Å². The highest BCUT2D eigenvalue weighted by Crippen LogP contribution is 1.93. The lowest BCUT2D eigenvalue weighted by Crippen LogP contribution is -2.10. The molecule has 0 spiro atoms. The number of methoxy groups -OCH3 is 1. The maximum absolute atomic E-state index is 10.7. The highest BCUT2D eigenvalue weighted by atomic mass is 16.6. The van der Waals surface area contributed by atoms with E-state index in [0.717, 1.165) is 0 Å². The van der Waals surface area contributed by atoms with E-state index in [1.807, 2.05) is 0 Å². The Morgan fingerprint density at radius 1 is 1.28 bits per heavy atom. The van der Waals surface area contributed by atoms with E-state index in [1.165, 1.54) is 6.92 Å². The zero-order valence-electron chi connectivity index (χ0n) is 10.2. The molecule has 0 aliphatic carbocycles. The molecule has 0 radical (unpaired) electrons. The van der Waals surface area contributed by atoms with Crippen molar-refractivity contribution >= 4 is 17.9 Å². The van der Waals surface area contributed by atoms with E-state index >= 15 is 0 Å². The topological polar surface area (TPSA) is 110 Å². The van der Waals surface area contributed by atoms with Gasteiger partial charge in [-0.15, -0.1) is 0 Å². The number of esters is 2. The quantitative estimate of drug-likeness (QED) is 0.403. The molecule has 18 heavy (non-hydrogen) atoms. The fourth-order valence-electron chi connectivity index (χ4n) is 0.443. The maximum atomic E-state index is 10.7. The van der Waals surface area contributed by atoms with E-state index in [2.05, 4.69) is 16.1 Å². The van der Waals surface area contributed by atoms with E-state index in [-0.39, 0.29) is 12.2 Å². The average Bonchev–Trinajstić information content (AvgIpc) is 2.28. The van der Waals surface area contributed by atoms with Crippen molar-refractivity contribution in [3.05, 3.63) is 24.3 Å². The summed E-state index contributed by atoms with van der Waals surface area (Å²) in [7, 11) is 1.55. The number of carbonyl (C=O) groups excluding carboxylic acids is 2. The summed E-state index contributed by atoms with van der Waals surface area (Å²) >= 11 is 0. The molecule has 0 atom stereocenters. The fraction of sp³-hybridized carbons (Fsp3) is 0.364. The van der Waals surface area contributed by atoms with Gasteiger partial charge in [-0.25, -0.2) is 14.4 Å². The first kappa shape index (κ1) is 18.4. The van der Waals surface area contributed by atoms with Crippen molar-refractivity contribution in [1.82, 2.24) is 0 Å². The minimum atomic E-state index is -1.29. The van der Waals surface area contributed by atoms with Gasteiger partial charge in [0.1, 0.15) is 0 Å². The van der Waals surface area contributed by atoms with Gasteiger partial charge in [-0.3, -0.25) is 0 Å². The third-order valence-corrected chi connectivity index (χ3v) is 1.20. The normalized spacial score (nSPS) is 9.28. The summed E-state index contributed by atoms with van der Waals surface area (Å²) in [5.74, 6) is -3.20. The summed E-state index contributed by atoms with van der Waals surface area (Å²) in [5.41, 5.74) is 0.0667. The molecule has 7 heteroatoms. The van der Waals surface area contributed by atoms with Gasteiger partial charge in [0.15, 0.2) is 0 Å². The SMILES string of the molecule is C=C(C)C(=O)OC(=O)/C=C\C(=O)O.COCCO. The van der Waals surface area contributed by atoms with Crippen LogP contribution in [0.15, 0.2) is 24.3 Å². The van der Waals surface area contributed by atoms with Crippen LogP contribution in [0.3, 0.4) is 0 Å². The largest absolute Gasteiger partial charge is 0.478 e. The molecule has 0 unspecified atom stereocenters. The molecule has 0 fully saturated rings. The van der Waals surface area contributed by atoms with E-state index in [1.54, 1.807) is 7.11 Å². The molecule has 0 aromatic heterocycles. The van der Waals surface area contributed by atoms with Gasteiger partial charge in [-0.1, -0.05) is 6.58 Å². The van der Waals surface area contributed by atoms with Gasteiger partial charge >= 0.3 is 17.9 Å². The maximum Gasteiger partial charge on any atom is 0.340 e. The van der Waals surface area contributed by atoms with Crippen molar-refractivity contribution in [3.63, 3.8) is 0 Å². The lowest BCUT2D eigenvalue weighted by Gasteiger charge is -1.96. The van der Waals surface area contributed by atoms with E-state index in [0.29, 0.717) is 18.8 Å². The van der Waals surface area contributed by atoms with Crippen LogP contribution >= 0.6 is 0 Å². The van der Waals surface area contributed by atoms with E-state index in [4.69, 9.17) is 10.2 Å². The molecule has 0 amide bonds. The summed E-state index contributed by atoms with van der Waals surface area (Å²) in [6, 6.07) is 0. The molecule has 0 aliphatic rings. The molecular formula is C11H16O7. The summed E-state index contributed by atoms with van der Waals surface area (Å²) in [6.45, 7) is 5.17.